The van der Waals surface area contributed by atoms with Crippen molar-refractivity contribution in [2.75, 3.05) is 16.0 Å². The van der Waals surface area contributed by atoms with Crippen LogP contribution < -0.4 is 16.0 Å². The van der Waals surface area contributed by atoms with Crippen molar-refractivity contribution >= 4 is 46.3 Å². The van der Waals surface area contributed by atoms with Gasteiger partial charge in [0, 0.05) is 17.1 Å². The number of thiocarbonyl (C=S) groups is 1. The zero-order valence-electron chi connectivity index (χ0n) is 13.9. The van der Waals surface area contributed by atoms with Crippen molar-refractivity contribution in [3.8, 4) is 0 Å². The Kier molecular flexibility index (Phi) is 5.48. The lowest BCUT2D eigenvalue weighted by Crippen LogP contribution is -2.19. The van der Waals surface area contributed by atoms with Crippen LogP contribution in [0.25, 0.3) is 0 Å². The second-order valence-corrected chi connectivity index (χ2v) is 5.88. The third-order valence-corrected chi connectivity index (χ3v) is 3.72. The maximum Gasteiger partial charge on any atom is 0.335 e. The number of amides is 1. The molecule has 0 fully saturated rings. The summed E-state index contributed by atoms with van der Waals surface area (Å²) < 4.78 is 5.04. The smallest absolute Gasteiger partial charge is 0.335 e. The van der Waals surface area contributed by atoms with Crippen LogP contribution in [0.1, 0.15) is 20.9 Å². The van der Waals surface area contributed by atoms with E-state index in [0.29, 0.717) is 22.2 Å². The average molecular weight is 381 g/mol. The monoisotopic (exact) mass is 381 g/mol. The highest BCUT2D eigenvalue weighted by Crippen LogP contribution is 2.16. The van der Waals surface area contributed by atoms with Crippen LogP contribution in [0.15, 0.2) is 71.3 Å². The quantitative estimate of drug-likeness (QED) is 0.495. The molecular formula is C19H15N3O4S. The van der Waals surface area contributed by atoms with Crippen molar-refractivity contribution in [1.29, 1.82) is 0 Å². The number of rotatable bonds is 5. The van der Waals surface area contributed by atoms with E-state index >= 15 is 0 Å². The Labute approximate surface area is 160 Å². The highest BCUT2D eigenvalue weighted by Gasteiger charge is 2.09. The zero-order chi connectivity index (χ0) is 19.2. The van der Waals surface area contributed by atoms with Crippen LogP contribution in [0.2, 0.25) is 0 Å². The Morgan fingerprint density at radius 2 is 1.52 bits per heavy atom. The van der Waals surface area contributed by atoms with Gasteiger partial charge in [0.05, 0.1) is 11.8 Å². The largest absolute Gasteiger partial charge is 0.478 e. The Morgan fingerprint density at radius 1 is 0.852 bits per heavy atom. The van der Waals surface area contributed by atoms with Gasteiger partial charge >= 0.3 is 5.97 Å². The van der Waals surface area contributed by atoms with Gasteiger partial charge in [-0.1, -0.05) is 6.07 Å². The van der Waals surface area contributed by atoms with Crippen LogP contribution in [-0.4, -0.2) is 22.1 Å². The second kappa shape index (κ2) is 8.15. The molecule has 136 valence electrons. The molecule has 0 saturated heterocycles. The van der Waals surface area contributed by atoms with Gasteiger partial charge in [0.15, 0.2) is 10.9 Å². The number of nitrogens with one attached hydrogen (secondary N) is 3. The van der Waals surface area contributed by atoms with E-state index in [1.54, 1.807) is 48.5 Å². The number of benzene rings is 2. The lowest BCUT2D eigenvalue weighted by molar-refractivity contribution is 0.0696. The fourth-order valence-electron chi connectivity index (χ4n) is 2.26. The van der Waals surface area contributed by atoms with Crippen LogP contribution in [0.3, 0.4) is 0 Å². The van der Waals surface area contributed by atoms with Crippen molar-refractivity contribution < 1.29 is 19.1 Å². The molecule has 1 heterocycles. The number of anilines is 3. The van der Waals surface area contributed by atoms with Gasteiger partial charge in [0.25, 0.3) is 5.91 Å². The van der Waals surface area contributed by atoms with E-state index in [4.69, 9.17) is 21.7 Å². The summed E-state index contributed by atoms with van der Waals surface area (Å²) in [7, 11) is 0. The van der Waals surface area contributed by atoms with Crippen molar-refractivity contribution in [3.63, 3.8) is 0 Å². The molecule has 2 aromatic carbocycles. The molecule has 0 radical (unpaired) electrons. The van der Waals surface area contributed by atoms with E-state index in [0.717, 1.165) is 0 Å². The van der Waals surface area contributed by atoms with Gasteiger partial charge < -0.3 is 25.5 Å². The summed E-state index contributed by atoms with van der Waals surface area (Å²) in [5, 5.41) is 18.0. The molecule has 7 nitrogen and oxygen atoms in total. The molecule has 4 N–H and O–H groups in total. The minimum atomic E-state index is -1.01. The molecule has 0 aliphatic carbocycles. The van der Waals surface area contributed by atoms with E-state index in [1.807, 2.05) is 0 Å². The maximum absolute atomic E-state index is 11.9. The molecule has 0 aliphatic heterocycles. The van der Waals surface area contributed by atoms with E-state index in [-0.39, 0.29) is 17.2 Å². The predicted octanol–water partition coefficient (Wildman–Crippen LogP) is 4.04. The van der Waals surface area contributed by atoms with Crippen molar-refractivity contribution in [3.05, 3.63) is 78.3 Å². The van der Waals surface area contributed by atoms with Gasteiger partial charge in [-0.2, -0.15) is 0 Å². The van der Waals surface area contributed by atoms with Crippen molar-refractivity contribution in [2.24, 2.45) is 0 Å². The average Bonchev–Trinajstić information content (AvgIpc) is 3.18. The van der Waals surface area contributed by atoms with Crippen molar-refractivity contribution in [2.45, 2.75) is 0 Å². The van der Waals surface area contributed by atoms with Gasteiger partial charge in [-0.25, -0.2) is 4.79 Å². The minimum Gasteiger partial charge on any atom is -0.478 e. The van der Waals surface area contributed by atoms with E-state index < -0.39 is 5.97 Å². The molecule has 3 aromatic rings. The highest BCUT2D eigenvalue weighted by atomic mass is 32.1. The number of hydrogen-bond donors (Lipinski definition) is 4. The summed E-state index contributed by atoms with van der Waals surface area (Å²) in [6, 6.07) is 16.5. The van der Waals surface area contributed by atoms with Gasteiger partial charge in [0.2, 0.25) is 0 Å². The molecule has 0 bridgehead atoms. The number of carboxylic acids is 1. The first-order valence-electron chi connectivity index (χ1n) is 7.87. The first-order valence-corrected chi connectivity index (χ1v) is 8.28. The number of furan rings is 1. The molecule has 0 saturated carbocycles. The molecule has 1 aromatic heterocycles. The number of hydrogen-bond acceptors (Lipinski definition) is 4. The summed E-state index contributed by atoms with van der Waals surface area (Å²) in [5.41, 5.74) is 2.04. The zero-order valence-corrected chi connectivity index (χ0v) is 14.7. The highest BCUT2D eigenvalue weighted by molar-refractivity contribution is 7.80. The van der Waals surface area contributed by atoms with Gasteiger partial charge in [-0.05, 0) is 66.8 Å². The SMILES string of the molecule is O=C(O)c1cccc(NC(=S)Nc2ccc(NC(=O)c3ccco3)cc2)c1. The molecule has 0 atom stereocenters. The van der Waals surface area contributed by atoms with Crippen LogP contribution >= 0.6 is 12.2 Å². The third-order valence-electron chi connectivity index (χ3n) is 3.51. The first-order chi connectivity index (χ1) is 13.0. The normalized spacial score (nSPS) is 10.1. The summed E-state index contributed by atoms with van der Waals surface area (Å²) in [5.74, 6) is -1.12. The summed E-state index contributed by atoms with van der Waals surface area (Å²) in [6.45, 7) is 0. The third kappa shape index (κ3) is 4.93. The fourth-order valence-corrected chi connectivity index (χ4v) is 2.50. The Hall–Kier alpha value is -3.65. The predicted molar refractivity (Wildman–Crippen MR) is 106 cm³/mol. The number of carboxylic acid groups (broad SMARTS) is 1. The molecule has 0 spiro atoms. The summed E-state index contributed by atoms with van der Waals surface area (Å²) in [4.78, 5) is 22.9. The van der Waals surface area contributed by atoms with Crippen LogP contribution in [-0.2, 0) is 0 Å². The maximum atomic E-state index is 11.9. The Bertz CT molecular complexity index is 969. The lowest BCUT2D eigenvalue weighted by Gasteiger charge is -2.11. The van der Waals surface area contributed by atoms with Gasteiger partial charge in [-0.15, -0.1) is 0 Å². The molecule has 0 unspecified atom stereocenters. The number of aromatic carboxylic acids is 1. The van der Waals surface area contributed by atoms with Crippen LogP contribution in [0.5, 0.6) is 0 Å². The van der Waals surface area contributed by atoms with E-state index in [1.165, 1.54) is 18.4 Å². The Balaban J connectivity index is 1.57. The summed E-state index contributed by atoms with van der Waals surface area (Å²) >= 11 is 5.23. The van der Waals surface area contributed by atoms with Gasteiger partial charge in [0.1, 0.15) is 0 Å². The standard InChI is InChI=1S/C19H15N3O4S/c23-17(16-5-2-10-26-16)20-13-6-8-14(9-7-13)21-19(27)22-15-4-1-3-12(11-15)18(24)25/h1-11H,(H,20,23)(H,24,25)(H2,21,22,27). The second-order valence-electron chi connectivity index (χ2n) is 5.47. The van der Waals surface area contributed by atoms with E-state index in [2.05, 4.69) is 16.0 Å². The topological polar surface area (TPSA) is 104 Å². The van der Waals surface area contributed by atoms with E-state index in [9.17, 15) is 9.59 Å². The fraction of sp³-hybridized carbons (Fsp3) is 0. The number of carbonyl (C=O) groups excluding carboxylic acids is 1. The molecule has 8 heteroatoms. The molecular weight excluding hydrogens is 366 g/mol. The number of carbonyl (C=O) groups is 2. The minimum absolute atomic E-state index is 0.166. The van der Waals surface area contributed by atoms with Gasteiger partial charge in [-0.3, -0.25) is 4.79 Å². The first kappa shape index (κ1) is 18.2. The molecule has 3 rings (SSSR count). The molecule has 27 heavy (non-hydrogen) atoms. The summed E-state index contributed by atoms with van der Waals surface area (Å²) in [6.07, 6.45) is 1.43. The lowest BCUT2D eigenvalue weighted by atomic mass is 10.2. The Morgan fingerprint density at radius 3 is 2.15 bits per heavy atom. The van der Waals surface area contributed by atoms with Crippen LogP contribution in [0.4, 0.5) is 17.1 Å². The molecule has 1 amide bonds. The molecule has 0 aliphatic rings. The van der Waals surface area contributed by atoms with Crippen LogP contribution in [0, 0.1) is 0 Å². The van der Waals surface area contributed by atoms with Crippen molar-refractivity contribution in [1.82, 2.24) is 0 Å².